The van der Waals surface area contributed by atoms with Crippen LogP contribution in [-0.4, -0.2) is 15.8 Å². The molecular weight excluding hydrogens is 220 g/mol. The van der Waals surface area contributed by atoms with Crippen LogP contribution in [0.1, 0.15) is 21.6 Å². The summed E-state index contributed by atoms with van der Waals surface area (Å²) >= 11 is 1.45. The van der Waals surface area contributed by atoms with Crippen molar-refractivity contribution in [2.45, 2.75) is 13.1 Å². The number of thiazole rings is 1. The first-order valence-electron chi connectivity index (χ1n) is 5.09. The quantitative estimate of drug-likeness (QED) is 0.753. The zero-order chi connectivity index (χ0) is 11.0. The number of hydrogen-bond acceptors (Lipinski definition) is 3. The molecule has 1 aliphatic rings. The van der Waals surface area contributed by atoms with E-state index in [2.05, 4.69) is 17.1 Å². The Morgan fingerprint density at radius 1 is 1.25 bits per heavy atom. The molecular formula is C12H10N2OS. The molecule has 3 rings (SSSR count). The van der Waals surface area contributed by atoms with Crippen molar-refractivity contribution in [3.63, 3.8) is 0 Å². The van der Waals surface area contributed by atoms with Crippen molar-refractivity contribution in [3.05, 3.63) is 52.0 Å². The normalized spacial score (nSPS) is 13.9. The second-order valence-electron chi connectivity index (χ2n) is 3.80. The first-order chi connectivity index (χ1) is 7.84. The Hall–Kier alpha value is -1.68. The lowest BCUT2D eigenvalue weighted by Crippen LogP contribution is -2.25. The molecule has 1 aromatic heterocycles. The standard InChI is InChI=1S/C12H10N2OS/c15-12(11-7-16-8-13-11)14-5-9-3-1-2-4-10(9)6-14/h1-4,7-8H,5-6H2. The van der Waals surface area contributed by atoms with E-state index >= 15 is 0 Å². The van der Waals surface area contributed by atoms with Gasteiger partial charge in [-0.25, -0.2) is 4.98 Å². The van der Waals surface area contributed by atoms with E-state index in [4.69, 9.17) is 0 Å². The topological polar surface area (TPSA) is 33.2 Å². The highest BCUT2D eigenvalue weighted by Crippen LogP contribution is 2.23. The zero-order valence-electron chi connectivity index (χ0n) is 8.59. The predicted molar refractivity (Wildman–Crippen MR) is 62.1 cm³/mol. The van der Waals surface area contributed by atoms with Gasteiger partial charge in [-0.1, -0.05) is 24.3 Å². The molecule has 16 heavy (non-hydrogen) atoms. The van der Waals surface area contributed by atoms with Gasteiger partial charge in [0.05, 0.1) is 5.51 Å². The first-order valence-corrected chi connectivity index (χ1v) is 6.03. The van der Waals surface area contributed by atoms with Gasteiger partial charge in [-0.2, -0.15) is 0 Å². The zero-order valence-corrected chi connectivity index (χ0v) is 9.41. The number of amides is 1. The minimum absolute atomic E-state index is 0.0254. The number of rotatable bonds is 1. The highest BCUT2D eigenvalue weighted by atomic mass is 32.1. The van der Waals surface area contributed by atoms with Gasteiger partial charge in [0.25, 0.3) is 5.91 Å². The van der Waals surface area contributed by atoms with Crippen molar-refractivity contribution >= 4 is 17.2 Å². The number of carbonyl (C=O) groups excluding carboxylic acids is 1. The first kappa shape index (κ1) is 9.54. The van der Waals surface area contributed by atoms with Gasteiger partial charge >= 0.3 is 0 Å². The van der Waals surface area contributed by atoms with Crippen molar-refractivity contribution in [1.82, 2.24) is 9.88 Å². The second-order valence-corrected chi connectivity index (χ2v) is 4.52. The minimum atomic E-state index is 0.0254. The summed E-state index contributed by atoms with van der Waals surface area (Å²) in [7, 11) is 0. The fourth-order valence-electron chi connectivity index (χ4n) is 1.96. The lowest BCUT2D eigenvalue weighted by Gasteiger charge is -2.13. The van der Waals surface area contributed by atoms with E-state index in [1.54, 1.807) is 10.9 Å². The summed E-state index contributed by atoms with van der Waals surface area (Å²) < 4.78 is 0. The van der Waals surface area contributed by atoms with Gasteiger partial charge in [0.15, 0.2) is 0 Å². The second kappa shape index (κ2) is 3.72. The van der Waals surface area contributed by atoms with E-state index in [0.717, 1.165) is 0 Å². The number of carbonyl (C=O) groups is 1. The lowest BCUT2D eigenvalue weighted by molar-refractivity contribution is 0.0746. The molecule has 0 spiro atoms. The smallest absolute Gasteiger partial charge is 0.273 e. The largest absolute Gasteiger partial charge is 0.329 e. The average molecular weight is 230 g/mol. The van der Waals surface area contributed by atoms with Crippen LogP contribution in [0.4, 0.5) is 0 Å². The van der Waals surface area contributed by atoms with Crippen LogP contribution in [-0.2, 0) is 13.1 Å². The van der Waals surface area contributed by atoms with Crippen molar-refractivity contribution < 1.29 is 4.79 Å². The van der Waals surface area contributed by atoms with Gasteiger partial charge in [-0.15, -0.1) is 11.3 Å². The number of fused-ring (bicyclic) bond motifs is 1. The Morgan fingerprint density at radius 3 is 2.50 bits per heavy atom. The molecule has 1 aliphatic heterocycles. The van der Waals surface area contributed by atoms with Crippen LogP contribution in [0.15, 0.2) is 35.2 Å². The van der Waals surface area contributed by atoms with Crippen LogP contribution in [0.3, 0.4) is 0 Å². The summed E-state index contributed by atoms with van der Waals surface area (Å²) in [5, 5.41) is 1.80. The minimum Gasteiger partial charge on any atom is -0.329 e. The van der Waals surface area contributed by atoms with Crippen LogP contribution in [0, 0.1) is 0 Å². The molecule has 2 aromatic rings. The molecule has 0 radical (unpaired) electrons. The summed E-state index contributed by atoms with van der Waals surface area (Å²) in [6.45, 7) is 1.40. The van der Waals surface area contributed by atoms with Crippen LogP contribution < -0.4 is 0 Å². The molecule has 3 nitrogen and oxygen atoms in total. The number of nitrogens with zero attached hydrogens (tertiary/aromatic N) is 2. The molecule has 1 aromatic carbocycles. The highest BCUT2D eigenvalue weighted by Gasteiger charge is 2.24. The lowest BCUT2D eigenvalue weighted by atomic mass is 10.1. The van der Waals surface area contributed by atoms with E-state index in [0.29, 0.717) is 18.8 Å². The number of aromatic nitrogens is 1. The molecule has 80 valence electrons. The summed E-state index contributed by atoms with van der Waals surface area (Å²) in [5.74, 6) is 0.0254. The molecule has 0 saturated carbocycles. The van der Waals surface area contributed by atoms with Gasteiger partial charge in [0, 0.05) is 18.5 Å². The molecule has 0 N–H and O–H groups in total. The van der Waals surface area contributed by atoms with Crippen molar-refractivity contribution in [2.75, 3.05) is 0 Å². The van der Waals surface area contributed by atoms with Gasteiger partial charge in [0.2, 0.25) is 0 Å². The SMILES string of the molecule is O=C(c1cscn1)N1Cc2ccccc2C1. The molecule has 0 bridgehead atoms. The van der Waals surface area contributed by atoms with Gasteiger partial charge < -0.3 is 4.90 Å². The Balaban J connectivity index is 1.84. The monoisotopic (exact) mass is 230 g/mol. The summed E-state index contributed by atoms with van der Waals surface area (Å²) in [4.78, 5) is 17.9. The average Bonchev–Trinajstić information content (AvgIpc) is 2.97. The van der Waals surface area contributed by atoms with Crippen molar-refractivity contribution in [1.29, 1.82) is 0 Å². The maximum Gasteiger partial charge on any atom is 0.273 e. The Morgan fingerprint density at radius 2 is 1.94 bits per heavy atom. The highest BCUT2D eigenvalue weighted by molar-refractivity contribution is 7.07. The van der Waals surface area contributed by atoms with Gasteiger partial charge in [-0.3, -0.25) is 4.79 Å². The molecule has 0 saturated heterocycles. The molecule has 0 fully saturated rings. The van der Waals surface area contributed by atoms with Crippen LogP contribution in [0.25, 0.3) is 0 Å². The summed E-state index contributed by atoms with van der Waals surface area (Å²) in [5.41, 5.74) is 4.73. The summed E-state index contributed by atoms with van der Waals surface area (Å²) in [6.07, 6.45) is 0. The van der Waals surface area contributed by atoms with E-state index in [-0.39, 0.29) is 5.91 Å². The van der Waals surface area contributed by atoms with Crippen molar-refractivity contribution in [2.24, 2.45) is 0 Å². The molecule has 0 unspecified atom stereocenters. The molecule has 0 aliphatic carbocycles. The Kier molecular flexibility index (Phi) is 2.22. The third-order valence-electron chi connectivity index (χ3n) is 2.78. The number of benzene rings is 1. The fraction of sp³-hybridized carbons (Fsp3) is 0.167. The van der Waals surface area contributed by atoms with Crippen molar-refractivity contribution in [3.8, 4) is 0 Å². The molecule has 2 heterocycles. The maximum absolute atomic E-state index is 12.0. The van der Waals surface area contributed by atoms with E-state index in [1.807, 2.05) is 17.0 Å². The van der Waals surface area contributed by atoms with Gasteiger partial charge in [0.1, 0.15) is 5.69 Å². The third kappa shape index (κ3) is 1.51. The molecule has 4 heteroatoms. The molecule has 1 amide bonds. The van der Waals surface area contributed by atoms with E-state index in [9.17, 15) is 4.79 Å². The predicted octanol–water partition coefficient (Wildman–Crippen LogP) is 2.30. The van der Waals surface area contributed by atoms with E-state index < -0.39 is 0 Å². The fourth-order valence-corrected chi connectivity index (χ4v) is 2.48. The third-order valence-corrected chi connectivity index (χ3v) is 3.37. The van der Waals surface area contributed by atoms with Crippen LogP contribution >= 0.6 is 11.3 Å². The van der Waals surface area contributed by atoms with E-state index in [1.165, 1.54) is 22.5 Å². The molecule has 0 atom stereocenters. The maximum atomic E-state index is 12.0. The Bertz CT molecular complexity index is 497. The van der Waals surface area contributed by atoms with Crippen LogP contribution in [0.2, 0.25) is 0 Å². The number of hydrogen-bond donors (Lipinski definition) is 0. The summed E-state index contributed by atoms with van der Waals surface area (Å²) in [6, 6.07) is 8.17. The van der Waals surface area contributed by atoms with Gasteiger partial charge in [-0.05, 0) is 11.1 Å². The Labute approximate surface area is 97.4 Å². The van der Waals surface area contributed by atoms with Crippen LogP contribution in [0.5, 0.6) is 0 Å².